The molecular weight excluding hydrogens is 336 g/mol. The van der Waals surface area contributed by atoms with Gasteiger partial charge in [0.1, 0.15) is 5.60 Å². The lowest BCUT2D eigenvalue weighted by Crippen LogP contribution is -2.35. The second kappa shape index (κ2) is 8.47. The SMILES string of the molecule is CC(C)(C)OC(=O)N1C[C@@H](CNc2ccccc2)[C@H](Cc2ccccc2)C1. The van der Waals surface area contributed by atoms with Crippen molar-refractivity contribution < 1.29 is 9.53 Å². The maximum absolute atomic E-state index is 12.6. The molecule has 1 heterocycles. The van der Waals surface area contributed by atoms with E-state index in [0.717, 1.165) is 31.7 Å². The van der Waals surface area contributed by atoms with Gasteiger partial charge in [-0.3, -0.25) is 0 Å². The van der Waals surface area contributed by atoms with Crippen LogP contribution in [0.1, 0.15) is 26.3 Å². The van der Waals surface area contributed by atoms with Gasteiger partial charge in [0.15, 0.2) is 0 Å². The fourth-order valence-electron chi connectivity index (χ4n) is 3.60. The van der Waals surface area contributed by atoms with Gasteiger partial charge in [0.05, 0.1) is 0 Å². The molecule has 0 unspecified atom stereocenters. The molecule has 2 aromatic rings. The summed E-state index contributed by atoms with van der Waals surface area (Å²) in [5.41, 5.74) is 1.97. The van der Waals surface area contributed by atoms with Gasteiger partial charge >= 0.3 is 6.09 Å². The number of amides is 1. The fraction of sp³-hybridized carbons (Fsp3) is 0.435. The molecule has 1 saturated heterocycles. The molecule has 1 aliphatic rings. The van der Waals surface area contributed by atoms with Crippen molar-refractivity contribution in [1.82, 2.24) is 4.90 Å². The van der Waals surface area contributed by atoms with Crippen LogP contribution in [0.25, 0.3) is 0 Å². The molecule has 3 rings (SSSR count). The van der Waals surface area contributed by atoms with Gasteiger partial charge in [-0.25, -0.2) is 4.79 Å². The van der Waals surface area contributed by atoms with Gasteiger partial charge in [0, 0.05) is 25.3 Å². The number of rotatable bonds is 5. The molecule has 4 heteroatoms. The number of anilines is 1. The van der Waals surface area contributed by atoms with Crippen LogP contribution in [0.4, 0.5) is 10.5 Å². The van der Waals surface area contributed by atoms with Crippen molar-refractivity contribution in [3.05, 3.63) is 66.2 Å². The van der Waals surface area contributed by atoms with Crippen LogP contribution in [-0.4, -0.2) is 36.2 Å². The van der Waals surface area contributed by atoms with Crippen LogP contribution < -0.4 is 5.32 Å². The summed E-state index contributed by atoms with van der Waals surface area (Å²) in [6.07, 6.45) is 0.768. The van der Waals surface area contributed by atoms with Crippen molar-refractivity contribution >= 4 is 11.8 Å². The van der Waals surface area contributed by atoms with Gasteiger partial charge in [-0.2, -0.15) is 0 Å². The molecule has 4 nitrogen and oxygen atoms in total. The number of hydrogen-bond donors (Lipinski definition) is 1. The monoisotopic (exact) mass is 366 g/mol. The lowest BCUT2D eigenvalue weighted by atomic mass is 9.89. The summed E-state index contributed by atoms with van der Waals surface area (Å²) in [5, 5.41) is 3.53. The molecule has 0 aromatic heterocycles. The van der Waals surface area contributed by atoms with Crippen LogP contribution in [-0.2, 0) is 11.2 Å². The van der Waals surface area contributed by atoms with Gasteiger partial charge in [-0.1, -0.05) is 48.5 Å². The highest BCUT2D eigenvalue weighted by Crippen LogP contribution is 2.28. The number of likely N-dealkylation sites (tertiary alicyclic amines) is 1. The minimum absolute atomic E-state index is 0.206. The first-order valence-electron chi connectivity index (χ1n) is 9.71. The molecule has 2 atom stereocenters. The smallest absolute Gasteiger partial charge is 0.410 e. The predicted octanol–water partition coefficient (Wildman–Crippen LogP) is 4.82. The van der Waals surface area contributed by atoms with Gasteiger partial charge in [0.2, 0.25) is 0 Å². The summed E-state index contributed by atoms with van der Waals surface area (Å²) in [5.74, 6) is 0.800. The van der Waals surface area contributed by atoms with E-state index >= 15 is 0 Å². The topological polar surface area (TPSA) is 41.6 Å². The van der Waals surface area contributed by atoms with E-state index < -0.39 is 5.60 Å². The van der Waals surface area contributed by atoms with Crippen molar-refractivity contribution in [3.63, 3.8) is 0 Å². The molecule has 2 aromatic carbocycles. The molecule has 144 valence electrons. The zero-order valence-corrected chi connectivity index (χ0v) is 16.5. The molecular formula is C23H30N2O2. The number of carbonyl (C=O) groups is 1. The molecule has 0 radical (unpaired) electrons. The number of hydrogen-bond acceptors (Lipinski definition) is 3. The molecule has 1 fully saturated rings. The molecule has 1 aliphatic heterocycles. The highest BCUT2D eigenvalue weighted by Gasteiger charge is 2.36. The first kappa shape index (κ1) is 19.3. The van der Waals surface area contributed by atoms with E-state index in [-0.39, 0.29) is 6.09 Å². The van der Waals surface area contributed by atoms with Gasteiger partial charge in [0.25, 0.3) is 0 Å². The summed E-state index contributed by atoms with van der Waals surface area (Å²) in [4.78, 5) is 14.4. The van der Waals surface area contributed by atoms with Crippen molar-refractivity contribution in [2.24, 2.45) is 11.8 Å². The van der Waals surface area contributed by atoms with Crippen LogP contribution in [0.15, 0.2) is 60.7 Å². The summed E-state index contributed by atoms with van der Waals surface area (Å²) in [6, 6.07) is 20.8. The zero-order valence-electron chi connectivity index (χ0n) is 16.5. The first-order valence-corrected chi connectivity index (χ1v) is 9.71. The Morgan fingerprint density at radius 1 is 1.00 bits per heavy atom. The normalized spacial score (nSPS) is 19.7. The molecule has 0 bridgehead atoms. The second-order valence-corrected chi connectivity index (χ2v) is 8.34. The Balaban J connectivity index is 1.67. The first-order chi connectivity index (χ1) is 12.9. The third kappa shape index (κ3) is 5.75. The number of nitrogens with one attached hydrogen (secondary N) is 1. The molecule has 0 saturated carbocycles. The van der Waals surface area contributed by atoms with Crippen molar-refractivity contribution in [2.45, 2.75) is 32.8 Å². The Morgan fingerprint density at radius 3 is 2.22 bits per heavy atom. The van der Waals surface area contributed by atoms with Crippen molar-refractivity contribution in [2.75, 3.05) is 25.0 Å². The average Bonchev–Trinajstić information content (AvgIpc) is 3.03. The number of para-hydroxylation sites is 1. The third-order valence-corrected chi connectivity index (χ3v) is 4.91. The molecule has 1 amide bonds. The Bertz CT molecular complexity index is 725. The maximum Gasteiger partial charge on any atom is 0.410 e. The van der Waals surface area contributed by atoms with E-state index in [1.807, 2.05) is 49.9 Å². The Morgan fingerprint density at radius 2 is 1.59 bits per heavy atom. The minimum Gasteiger partial charge on any atom is -0.444 e. The lowest BCUT2D eigenvalue weighted by molar-refractivity contribution is 0.0284. The van der Waals surface area contributed by atoms with E-state index in [1.165, 1.54) is 5.56 Å². The average molecular weight is 367 g/mol. The largest absolute Gasteiger partial charge is 0.444 e. The Kier molecular flexibility index (Phi) is 6.04. The molecule has 0 aliphatic carbocycles. The van der Waals surface area contributed by atoms with Crippen LogP contribution in [0.5, 0.6) is 0 Å². The van der Waals surface area contributed by atoms with Gasteiger partial charge in [-0.15, -0.1) is 0 Å². The van der Waals surface area contributed by atoms with Crippen molar-refractivity contribution in [1.29, 1.82) is 0 Å². The van der Waals surface area contributed by atoms with E-state index in [9.17, 15) is 4.79 Å². The minimum atomic E-state index is -0.466. The van der Waals surface area contributed by atoms with Crippen LogP contribution in [0.3, 0.4) is 0 Å². The van der Waals surface area contributed by atoms with E-state index in [2.05, 4.69) is 41.7 Å². The van der Waals surface area contributed by atoms with E-state index in [0.29, 0.717) is 11.8 Å². The van der Waals surface area contributed by atoms with Crippen molar-refractivity contribution in [3.8, 4) is 0 Å². The lowest BCUT2D eigenvalue weighted by Gasteiger charge is -2.24. The van der Waals surface area contributed by atoms with E-state index in [1.54, 1.807) is 0 Å². The second-order valence-electron chi connectivity index (χ2n) is 8.34. The van der Waals surface area contributed by atoms with Crippen LogP contribution >= 0.6 is 0 Å². The number of carbonyl (C=O) groups excluding carboxylic acids is 1. The van der Waals surface area contributed by atoms with Gasteiger partial charge < -0.3 is 15.0 Å². The summed E-state index contributed by atoms with van der Waals surface area (Å²) in [7, 11) is 0. The van der Waals surface area contributed by atoms with Crippen LogP contribution in [0.2, 0.25) is 0 Å². The van der Waals surface area contributed by atoms with E-state index in [4.69, 9.17) is 4.74 Å². The predicted molar refractivity (Wildman–Crippen MR) is 110 cm³/mol. The molecule has 0 spiro atoms. The third-order valence-electron chi connectivity index (χ3n) is 4.91. The molecule has 27 heavy (non-hydrogen) atoms. The highest BCUT2D eigenvalue weighted by atomic mass is 16.6. The summed E-state index contributed by atoms with van der Waals surface area (Å²) >= 11 is 0. The maximum atomic E-state index is 12.6. The van der Waals surface area contributed by atoms with Gasteiger partial charge in [-0.05, 0) is 56.7 Å². The number of benzene rings is 2. The van der Waals surface area contributed by atoms with Crippen LogP contribution in [0, 0.1) is 11.8 Å². The Hall–Kier alpha value is -2.49. The number of ether oxygens (including phenoxy) is 1. The Labute approximate surface area is 162 Å². The zero-order chi connectivity index (χ0) is 19.3. The quantitative estimate of drug-likeness (QED) is 0.824. The summed E-state index contributed by atoms with van der Waals surface area (Å²) in [6.45, 7) is 8.06. The standard InChI is InChI=1S/C23H30N2O2/c1-23(2,3)27-22(26)25-16-19(14-18-10-6-4-7-11-18)20(17-25)15-24-21-12-8-5-9-13-21/h4-13,19-20,24H,14-17H2,1-3H3/t19-,20-/m1/s1. The summed E-state index contributed by atoms with van der Waals surface area (Å²) < 4.78 is 5.60. The number of nitrogens with zero attached hydrogens (tertiary/aromatic N) is 1. The molecule has 1 N–H and O–H groups in total. The highest BCUT2D eigenvalue weighted by molar-refractivity contribution is 5.68. The fourth-order valence-corrected chi connectivity index (χ4v) is 3.60.